The van der Waals surface area contributed by atoms with Crippen LogP contribution in [0.4, 0.5) is 10.8 Å². The Labute approximate surface area is 110 Å². The van der Waals surface area contributed by atoms with Gasteiger partial charge in [0.05, 0.1) is 10.2 Å². The molecular weight excluding hydrogens is 246 g/mol. The van der Waals surface area contributed by atoms with Gasteiger partial charge in [-0.15, -0.1) is 0 Å². The maximum absolute atomic E-state index is 11.9. The number of nitrogens with one attached hydrogen (secondary N) is 1. The van der Waals surface area contributed by atoms with Crippen LogP contribution in [0.1, 0.15) is 20.8 Å². The lowest BCUT2D eigenvalue weighted by Gasteiger charge is -2.13. The molecule has 1 atom stereocenters. The van der Waals surface area contributed by atoms with Gasteiger partial charge in [0.2, 0.25) is 5.91 Å². The number of nitrogens with two attached hydrogens (primary N) is 1. The Kier molecular flexibility index (Phi) is 3.52. The van der Waals surface area contributed by atoms with E-state index >= 15 is 0 Å². The smallest absolute Gasteiger partial charge is 0.229 e. The minimum absolute atomic E-state index is 0.0111. The van der Waals surface area contributed by atoms with Gasteiger partial charge in [0.1, 0.15) is 0 Å². The third-order valence-electron chi connectivity index (χ3n) is 3.06. The first-order valence-corrected chi connectivity index (χ1v) is 6.76. The molecule has 0 spiro atoms. The van der Waals surface area contributed by atoms with E-state index in [-0.39, 0.29) is 11.8 Å². The molecule has 3 N–H and O–H groups in total. The van der Waals surface area contributed by atoms with E-state index in [4.69, 9.17) is 5.73 Å². The van der Waals surface area contributed by atoms with Crippen molar-refractivity contribution in [2.45, 2.75) is 20.8 Å². The molecular formula is C13H17N3OS. The molecule has 0 bridgehead atoms. The number of fused-ring (bicyclic) bond motifs is 1. The molecule has 4 nitrogen and oxygen atoms in total. The summed E-state index contributed by atoms with van der Waals surface area (Å²) in [5, 5.41) is 3.49. The average Bonchev–Trinajstić information content (AvgIpc) is 2.68. The first kappa shape index (κ1) is 12.8. The van der Waals surface area contributed by atoms with Gasteiger partial charge in [0.25, 0.3) is 0 Å². The van der Waals surface area contributed by atoms with Crippen molar-refractivity contribution in [3.63, 3.8) is 0 Å². The number of benzene rings is 1. The Hall–Kier alpha value is -1.62. The molecule has 1 aromatic carbocycles. The molecule has 1 unspecified atom stereocenters. The molecule has 0 aliphatic rings. The van der Waals surface area contributed by atoms with Crippen molar-refractivity contribution in [3.8, 4) is 0 Å². The second-order valence-corrected chi connectivity index (χ2v) is 5.80. The van der Waals surface area contributed by atoms with E-state index in [1.54, 1.807) is 0 Å². The number of aromatic nitrogens is 1. The topological polar surface area (TPSA) is 68.0 Å². The van der Waals surface area contributed by atoms with E-state index in [0.717, 1.165) is 10.2 Å². The number of anilines is 2. The van der Waals surface area contributed by atoms with Gasteiger partial charge < -0.3 is 11.1 Å². The molecule has 1 aromatic heterocycles. The maximum Gasteiger partial charge on any atom is 0.229 e. The fraction of sp³-hybridized carbons (Fsp3) is 0.385. The number of thiazole rings is 1. The Morgan fingerprint density at radius 1 is 1.39 bits per heavy atom. The van der Waals surface area contributed by atoms with Crippen molar-refractivity contribution < 1.29 is 4.79 Å². The molecule has 0 aliphatic heterocycles. The molecule has 0 saturated carbocycles. The van der Waals surface area contributed by atoms with E-state index in [0.29, 0.717) is 16.7 Å². The summed E-state index contributed by atoms with van der Waals surface area (Å²) in [6.45, 7) is 5.98. The molecule has 0 radical (unpaired) electrons. The predicted octanol–water partition coefficient (Wildman–Crippen LogP) is 3.11. The summed E-state index contributed by atoms with van der Waals surface area (Å²) in [6, 6.07) is 5.54. The zero-order valence-corrected chi connectivity index (χ0v) is 11.5. The zero-order chi connectivity index (χ0) is 13.3. The molecule has 0 fully saturated rings. The van der Waals surface area contributed by atoms with Gasteiger partial charge in [-0.3, -0.25) is 4.79 Å². The SMILES string of the molecule is CC(C)C(C)C(=O)Nc1nc2ccc(N)cc2s1. The molecule has 0 aliphatic carbocycles. The van der Waals surface area contributed by atoms with Crippen LogP contribution in [0.25, 0.3) is 10.2 Å². The number of carbonyl (C=O) groups is 1. The average molecular weight is 263 g/mol. The number of amides is 1. The standard InChI is InChI=1S/C13H17N3OS/c1-7(2)8(3)12(17)16-13-15-10-5-4-9(14)6-11(10)18-13/h4-8H,14H2,1-3H3,(H,15,16,17). The third kappa shape index (κ3) is 2.61. The number of hydrogen-bond acceptors (Lipinski definition) is 4. The van der Waals surface area contributed by atoms with Crippen LogP contribution in [0.5, 0.6) is 0 Å². The third-order valence-corrected chi connectivity index (χ3v) is 3.99. The number of nitrogen functional groups attached to an aromatic ring is 1. The maximum atomic E-state index is 11.9. The van der Waals surface area contributed by atoms with Crippen molar-refractivity contribution in [3.05, 3.63) is 18.2 Å². The fourth-order valence-electron chi connectivity index (χ4n) is 1.52. The second kappa shape index (κ2) is 4.94. The normalized spacial score (nSPS) is 12.9. The van der Waals surface area contributed by atoms with Gasteiger partial charge in [-0.05, 0) is 24.1 Å². The minimum Gasteiger partial charge on any atom is -0.399 e. The highest BCUT2D eigenvalue weighted by Crippen LogP contribution is 2.28. The van der Waals surface area contributed by atoms with Gasteiger partial charge in [0, 0.05) is 11.6 Å². The summed E-state index contributed by atoms with van der Waals surface area (Å²) >= 11 is 1.45. The van der Waals surface area contributed by atoms with Gasteiger partial charge >= 0.3 is 0 Å². The Bertz CT molecular complexity index is 577. The van der Waals surface area contributed by atoms with E-state index in [1.165, 1.54) is 11.3 Å². The summed E-state index contributed by atoms with van der Waals surface area (Å²) in [4.78, 5) is 16.3. The Balaban J connectivity index is 2.20. The monoisotopic (exact) mass is 263 g/mol. The van der Waals surface area contributed by atoms with Gasteiger partial charge in [-0.2, -0.15) is 0 Å². The minimum atomic E-state index is -0.0259. The van der Waals surface area contributed by atoms with Crippen LogP contribution in [0.3, 0.4) is 0 Å². The van der Waals surface area contributed by atoms with Crippen molar-refractivity contribution >= 4 is 38.3 Å². The first-order valence-electron chi connectivity index (χ1n) is 5.94. The van der Waals surface area contributed by atoms with E-state index < -0.39 is 0 Å². The second-order valence-electron chi connectivity index (χ2n) is 4.77. The number of nitrogens with zero attached hydrogens (tertiary/aromatic N) is 1. The van der Waals surface area contributed by atoms with Crippen LogP contribution >= 0.6 is 11.3 Å². The molecule has 1 heterocycles. The largest absolute Gasteiger partial charge is 0.399 e. The highest BCUT2D eigenvalue weighted by Gasteiger charge is 2.18. The fourth-order valence-corrected chi connectivity index (χ4v) is 2.43. The van der Waals surface area contributed by atoms with Crippen molar-refractivity contribution in [1.82, 2.24) is 4.98 Å². The van der Waals surface area contributed by atoms with E-state index in [2.05, 4.69) is 10.3 Å². The molecule has 5 heteroatoms. The highest BCUT2D eigenvalue weighted by atomic mass is 32.1. The lowest BCUT2D eigenvalue weighted by Crippen LogP contribution is -2.24. The van der Waals surface area contributed by atoms with Crippen LogP contribution in [-0.2, 0) is 4.79 Å². The summed E-state index contributed by atoms with van der Waals surface area (Å²) in [6.07, 6.45) is 0. The van der Waals surface area contributed by atoms with Crippen LogP contribution in [0.2, 0.25) is 0 Å². The lowest BCUT2D eigenvalue weighted by molar-refractivity contribution is -0.120. The van der Waals surface area contributed by atoms with Crippen molar-refractivity contribution in [1.29, 1.82) is 0 Å². The van der Waals surface area contributed by atoms with Gasteiger partial charge in [-0.1, -0.05) is 32.1 Å². The van der Waals surface area contributed by atoms with Crippen LogP contribution in [0.15, 0.2) is 18.2 Å². The Morgan fingerprint density at radius 3 is 2.78 bits per heavy atom. The van der Waals surface area contributed by atoms with E-state index in [1.807, 2.05) is 39.0 Å². The highest BCUT2D eigenvalue weighted by molar-refractivity contribution is 7.22. The molecule has 1 amide bonds. The van der Waals surface area contributed by atoms with Gasteiger partial charge in [-0.25, -0.2) is 4.98 Å². The van der Waals surface area contributed by atoms with E-state index in [9.17, 15) is 4.79 Å². The molecule has 18 heavy (non-hydrogen) atoms. The summed E-state index contributed by atoms with van der Waals surface area (Å²) < 4.78 is 0.988. The van der Waals surface area contributed by atoms with Gasteiger partial charge in [0.15, 0.2) is 5.13 Å². The summed E-state index contributed by atoms with van der Waals surface area (Å²) in [5.74, 6) is 0.300. The lowest BCUT2D eigenvalue weighted by atomic mass is 9.97. The molecule has 2 aromatic rings. The number of hydrogen-bond donors (Lipinski definition) is 2. The quantitative estimate of drug-likeness (QED) is 0.836. The number of rotatable bonds is 3. The molecule has 96 valence electrons. The van der Waals surface area contributed by atoms with Crippen LogP contribution < -0.4 is 11.1 Å². The molecule has 2 rings (SSSR count). The Morgan fingerprint density at radius 2 is 2.11 bits per heavy atom. The van der Waals surface area contributed by atoms with Crippen LogP contribution in [0, 0.1) is 11.8 Å². The van der Waals surface area contributed by atoms with Crippen molar-refractivity contribution in [2.75, 3.05) is 11.1 Å². The van der Waals surface area contributed by atoms with Crippen LogP contribution in [-0.4, -0.2) is 10.9 Å². The summed E-state index contributed by atoms with van der Waals surface area (Å²) in [7, 11) is 0. The van der Waals surface area contributed by atoms with Crippen molar-refractivity contribution in [2.24, 2.45) is 11.8 Å². The zero-order valence-electron chi connectivity index (χ0n) is 10.7. The first-order chi connectivity index (χ1) is 8.47. The predicted molar refractivity (Wildman–Crippen MR) is 76.7 cm³/mol. The summed E-state index contributed by atoms with van der Waals surface area (Å²) in [5.41, 5.74) is 7.28. The molecule has 0 saturated heterocycles. The number of carbonyl (C=O) groups excluding carboxylic acids is 1.